The van der Waals surface area contributed by atoms with Crippen molar-refractivity contribution in [3.8, 4) is 0 Å². The Morgan fingerprint density at radius 1 is 0.361 bits per heavy atom. The molecule has 2 nitrogen and oxygen atoms in total. The first-order chi connectivity index (χ1) is 17.8. The van der Waals surface area contributed by atoms with E-state index < -0.39 is 0 Å². The first kappa shape index (κ1) is 33.4. The molecule has 1 heterocycles. The lowest BCUT2D eigenvalue weighted by Gasteiger charge is -2.33. The van der Waals surface area contributed by atoms with Crippen molar-refractivity contribution in [3.63, 3.8) is 0 Å². The highest BCUT2D eigenvalue weighted by Gasteiger charge is 2.24. The van der Waals surface area contributed by atoms with Gasteiger partial charge in [0.25, 0.3) is 0 Å². The molecule has 1 aliphatic rings. The fraction of sp³-hybridized carbons (Fsp3) is 0.941. The summed E-state index contributed by atoms with van der Waals surface area (Å²) in [5.74, 6) is 0. The minimum atomic E-state index is 0.642. The van der Waals surface area contributed by atoms with Crippen LogP contribution in [0.1, 0.15) is 188 Å². The van der Waals surface area contributed by atoms with E-state index in [-0.39, 0.29) is 0 Å². The predicted molar refractivity (Wildman–Crippen MR) is 163 cm³/mol. The van der Waals surface area contributed by atoms with Crippen LogP contribution in [0.15, 0.2) is 12.4 Å². The van der Waals surface area contributed by atoms with Crippen molar-refractivity contribution in [2.45, 2.75) is 194 Å². The molecule has 0 aromatic heterocycles. The molecule has 1 rings (SSSR count). The molecule has 0 aromatic rings. The lowest BCUT2D eigenvalue weighted by molar-refractivity contribution is 0.135. The summed E-state index contributed by atoms with van der Waals surface area (Å²) in [6, 6.07) is 0. The zero-order chi connectivity index (χ0) is 25.9. The summed E-state index contributed by atoms with van der Waals surface area (Å²) < 4.78 is 0. The van der Waals surface area contributed by atoms with Crippen molar-refractivity contribution in [1.82, 2.24) is 9.80 Å². The van der Waals surface area contributed by atoms with Crippen molar-refractivity contribution < 1.29 is 0 Å². The van der Waals surface area contributed by atoms with E-state index in [0.29, 0.717) is 6.17 Å². The number of hydrogen-bond acceptors (Lipinski definition) is 2. The molecule has 2 heteroatoms. The highest BCUT2D eigenvalue weighted by atomic mass is 15.4. The average molecular weight is 505 g/mol. The van der Waals surface area contributed by atoms with E-state index in [1.54, 1.807) is 0 Å². The normalized spacial score (nSPS) is 15.5. The maximum Gasteiger partial charge on any atom is 0.101 e. The monoisotopic (exact) mass is 505 g/mol. The van der Waals surface area contributed by atoms with Gasteiger partial charge in [-0.05, 0) is 25.7 Å². The van der Waals surface area contributed by atoms with Gasteiger partial charge in [0.1, 0.15) is 6.17 Å². The lowest BCUT2D eigenvalue weighted by Crippen LogP contribution is -2.39. The topological polar surface area (TPSA) is 6.48 Å². The Morgan fingerprint density at radius 2 is 0.639 bits per heavy atom. The molecule has 0 bridgehead atoms. The van der Waals surface area contributed by atoms with Gasteiger partial charge in [0.05, 0.1) is 0 Å². The van der Waals surface area contributed by atoms with Gasteiger partial charge >= 0.3 is 0 Å². The van der Waals surface area contributed by atoms with E-state index >= 15 is 0 Å². The molecule has 1 unspecified atom stereocenters. The van der Waals surface area contributed by atoms with Crippen LogP contribution in [0.2, 0.25) is 0 Å². The van der Waals surface area contributed by atoms with Crippen molar-refractivity contribution in [3.05, 3.63) is 12.4 Å². The van der Waals surface area contributed by atoms with Crippen molar-refractivity contribution >= 4 is 0 Å². The molecule has 1 aliphatic heterocycles. The van der Waals surface area contributed by atoms with Crippen molar-refractivity contribution in [2.24, 2.45) is 0 Å². The minimum absolute atomic E-state index is 0.642. The zero-order valence-corrected chi connectivity index (χ0v) is 25.4. The number of unbranched alkanes of at least 4 members (excludes halogenated alkanes) is 22. The average Bonchev–Trinajstić information content (AvgIpc) is 3.27. The van der Waals surface area contributed by atoms with Gasteiger partial charge in [-0.2, -0.15) is 0 Å². The zero-order valence-electron chi connectivity index (χ0n) is 25.4. The Bertz CT molecular complexity index is 460. The molecule has 0 fully saturated rings. The fourth-order valence-electron chi connectivity index (χ4n) is 5.83. The van der Waals surface area contributed by atoms with Gasteiger partial charge in [0.2, 0.25) is 0 Å². The summed E-state index contributed by atoms with van der Waals surface area (Å²) in [6.45, 7) is 9.47. The summed E-state index contributed by atoms with van der Waals surface area (Å²) in [7, 11) is 0. The summed E-state index contributed by atoms with van der Waals surface area (Å²) in [5.41, 5.74) is 0. The third-order valence-corrected chi connectivity index (χ3v) is 8.32. The second kappa shape index (κ2) is 26.0. The number of rotatable bonds is 28. The van der Waals surface area contributed by atoms with E-state index in [9.17, 15) is 0 Å². The summed E-state index contributed by atoms with van der Waals surface area (Å²) in [4.78, 5) is 5.39. The SMILES string of the molecule is CCCCCCCCCCCCCCN1C=CN(CCCCCCCCCC)C1CCCCCCC. The van der Waals surface area contributed by atoms with E-state index in [2.05, 4.69) is 43.0 Å². The first-order valence-corrected chi connectivity index (χ1v) is 17.0. The van der Waals surface area contributed by atoms with Gasteiger partial charge in [-0.25, -0.2) is 0 Å². The van der Waals surface area contributed by atoms with E-state index in [1.807, 2.05) is 0 Å². The van der Waals surface area contributed by atoms with Crippen LogP contribution in [0.5, 0.6) is 0 Å². The standard InChI is InChI=1S/C34H68N2/c1-4-7-10-13-15-17-18-19-20-22-25-28-31-36-33-32-35(34(36)29-26-23-12-9-6-3)30-27-24-21-16-14-11-8-5-2/h32-34H,4-31H2,1-3H3. The largest absolute Gasteiger partial charge is 0.356 e. The van der Waals surface area contributed by atoms with Gasteiger partial charge in [-0.1, -0.05) is 162 Å². The second-order valence-electron chi connectivity index (χ2n) is 11.8. The molecule has 0 saturated heterocycles. The molecule has 0 spiro atoms. The molecular weight excluding hydrogens is 436 g/mol. The Hall–Kier alpha value is -0.660. The lowest BCUT2D eigenvalue weighted by atomic mass is 10.0. The molecule has 36 heavy (non-hydrogen) atoms. The smallest absolute Gasteiger partial charge is 0.101 e. The van der Waals surface area contributed by atoms with Crippen LogP contribution in [0, 0.1) is 0 Å². The van der Waals surface area contributed by atoms with Crippen LogP contribution in [0.25, 0.3) is 0 Å². The maximum absolute atomic E-state index is 2.70. The van der Waals surface area contributed by atoms with Gasteiger partial charge in [0.15, 0.2) is 0 Å². The second-order valence-corrected chi connectivity index (χ2v) is 11.8. The Morgan fingerprint density at radius 3 is 0.972 bits per heavy atom. The van der Waals surface area contributed by atoms with Crippen molar-refractivity contribution in [1.29, 1.82) is 0 Å². The minimum Gasteiger partial charge on any atom is -0.356 e. The van der Waals surface area contributed by atoms with E-state index in [4.69, 9.17) is 0 Å². The summed E-state index contributed by atoms with van der Waals surface area (Å²) in [6.07, 6.45) is 42.5. The molecule has 0 radical (unpaired) electrons. The molecule has 0 aromatic carbocycles. The quantitative estimate of drug-likeness (QED) is 0.0977. The molecule has 1 atom stereocenters. The third kappa shape index (κ3) is 18.6. The molecular formula is C34H68N2. The molecule has 0 amide bonds. The Balaban J connectivity index is 2.18. The van der Waals surface area contributed by atoms with Crippen LogP contribution in [0.4, 0.5) is 0 Å². The van der Waals surface area contributed by atoms with Crippen LogP contribution < -0.4 is 0 Å². The van der Waals surface area contributed by atoms with Crippen LogP contribution >= 0.6 is 0 Å². The van der Waals surface area contributed by atoms with E-state index in [0.717, 1.165) is 0 Å². The Kier molecular flexibility index (Phi) is 24.1. The van der Waals surface area contributed by atoms with Gasteiger partial charge in [-0.15, -0.1) is 0 Å². The number of nitrogens with zero attached hydrogens (tertiary/aromatic N) is 2. The highest BCUT2D eigenvalue weighted by molar-refractivity contribution is 4.97. The first-order valence-electron chi connectivity index (χ1n) is 17.0. The molecule has 0 saturated carbocycles. The molecule has 0 aliphatic carbocycles. The van der Waals surface area contributed by atoms with Crippen LogP contribution in [-0.4, -0.2) is 29.1 Å². The molecule has 0 N–H and O–H groups in total. The fourth-order valence-corrected chi connectivity index (χ4v) is 5.83. The van der Waals surface area contributed by atoms with Gasteiger partial charge in [-0.3, -0.25) is 0 Å². The van der Waals surface area contributed by atoms with E-state index in [1.165, 1.54) is 180 Å². The predicted octanol–water partition coefficient (Wildman–Crippen LogP) is 11.6. The van der Waals surface area contributed by atoms with Gasteiger partial charge < -0.3 is 9.80 Å². The molecule has 214 valence electrons. The van der Waals surface area contributed by atoms with Crippen LogP contribution in [-0.2, 0) is 0 Å². The third-order valence-electron chi connectivity index (χ3n) is 8.32. The Labute approximate surface area is 229 Å². The summed E-state index contributed by atoms with van der Waals surface area (Å²) >= 11 is 0. The number of hydrogen-bond donors (Lipinski definition) is 0. The van der Waals surface area contributed by atoms with Gasteiger partial charge in [0, 0.05) is 25.5 Å². The van der Waals surface area contributed by atoms with Crippen molar-refractivity contribution in [2.75, 3.05) is 13.1 Å². The highest BCUT2D eigenvalue weighted by Crippen LogP contribution is 2.24. The maximum atomic E-state index is 2.70. The van der Waals surface area contributed by atoms with Crippen LogP contribution in [0.3, 0.4) is 0 Å². The summed E-state index contributed by atoms with van der Waals surface area (Å²) in [5, 5.41) is 0.